The Labute approximate surface area is 665 Å². The van der Waals surface area contributed by atoms with Crippen molar-refractivity contribution in [3.05, 3.63) is 207 Å². The van der Waals surface area contributed by atoms with E-state index in [1.807, 2.05) is 24.3 Å². The summed E-state index contributed by atoms with van der Waals surface area (Å²) in [6.45, 7) is 4.25. The van der Waals surface area contributed by atoms with Crippen molar-refractivity contribution in [3.63, 3.8) is 0 Å². The quantitative estimate of drug-likeness (QED) is 0.0169. The van der Waals surface area contributed by atoms with Gasteiger partial charge >= 0.3 is 39.5 Å². The van der Waals surface area contributed by atoms with E-state index in [0.29, 0.717) is 38.5 Å². The van der Waals surface area contributed by atoms with Gasteiger partial charge in [-0.1, -0.05) is 292 Å². The fraction of sp³-hybridized carbons (Fsp3) is 0.582. The van der Waals surface area contributed by atoms with Crippen LogP contribution in [0.5, 0.6) is 0 Å². The first-order valence-electron chi connectivity index (χ1n) is 41.3. The molecule has 0 fully saturated rings. The monoisotopic (exact) mass is 1570 g/mol. The number of phosphoric acid groups is 2. The van der Waals surface area contributed by atoms with E-state index in [2.05, 4.69) is 210 Å². The normalized spacial score (nSPS) is 14.9. The lowest BCUT2D eigenvalue weighted by molar-refractivity contribution is -0.161. The third-order valence-electron chi connectivity index (χ3n) is 16.2. The number of unbranched alkanes of at least 4 members (excludes halogenated alkanes) is 15. The molecule has 0 bridgehead atoms. The first-order chi connectivity index (χ1) is 53.7. The summed E-state index contributed by atoms with van der Waals surface area (Å²) in [6.07, 6.45) is 101. The molecule has 0 saturated heterocycles. The Morgan fingerprint density at radius 3 is 0.727 bits per heavy atom. The second kappa shape index (κ2) is 80.7. The minimum absolute atomic E-state index is 0.00441. The second-order valence-corrected chi connectivity index (χ2v) is 29.4. The molecule has 620 valence electrons. The number of esters is 4. The Morgan fingerprint density at radius 2 is 0.455 bits per heavy atom. The second-order valence-electron chi connectivity index (χ2n) is 26.5. The minimum Gasteiger partial charge on any atom is -0.462 e. The molecular formula is C91H144O17P2. The van der Waals surface area contributed by atoms with E-state index in [1.165, 1.54) is 0 Å². The molecule has 0 rings (SSSR count). The van der Waals surface area contributed by atoms with Crippen molar-refractivity contribution in [2.45, 2.75) is 303 Å². The molecule has 0 aromatic heterocycles. The lowest BCUT2D eigenvalue weighted by atomic mass is 10.1. The van der Waals surface area contributed by atoms with Crippen LogP contribution in [-0.4, -0.2) is 96.7 Å². The van der Waals surface area contributed by atoms with Crippen LogP contribution >= 0.6 is 15.6 Å². The van der Waals surface area contributed by atoms with Crippen LogP contribution in [0.15, 0.2) is 207 Å². The predicted molar refractivity (Wildman–Crippen MR) is 454 cm³/mol. The average Bonchev–Trinajstić information content (AvgIpc) is 0.904. The summed E-state index contributed by atoms with van der Waals surface area (Å²) in [6, 6.07) is 0. The summed E-state index contributed by atoms with van der Waals surface area (Å²) < 4.78 is 68.6. The highest BCUT2D eigenvalue weighted by Crippen LogP contribution is 2.45. The fourth-order valence-electron chi connectivity index (χ4n) is 10.1. The number of carbonyl (C=O) groups is 4. The lowest BCUT2D eigenvalue weighted by Crippen LogP contribution is -2.30. The van der Waals surface area contributed by atoms with Crippen LogP contribution in [0.25, 0.3) is 0 Å². The van der Waals surface area contributed by atoms with Gasteiger partial charge in [0.05, 0.1) is 26.4 Å². The molecule has 0 radical (unpaired) electrons. The van der Waals surface area contributed by atoms with Crippen LogP contribution in [-0.2, 0) is 65.4 Å². The number of aliphatic hydroxyl groups is 1. The van der Waals surface area contributed by atoms with Crippen molar-refractivity contribution in [2.75, 3.05) is 39.6 Å². The molecular weight excluding hydrogens is 1430 g/mol. The number of rotatable bonds is 75. The molecule has 0 aromatic carbocycles. The highest BCUT2D eigenvalue weighted by atomic mass is 31.2. The highest BCUT2D eigenvalue weighted by Gasteiger charge is 2.30. The molecule has 19 heteroatoms. The SMILES string of the molecule is CC/C=C\C/C=C\C/C=C\C/C=C\C/C=C\CCCC(=O)OCC(COP(=O)(O)OCC(O)COP(=O)(O)OCC(COC(=O)CCCCCCCC/C=C\C/C=C\C/C=C\C/C=C\CC)OC(=O)CCCCCCCCC/C=C\C/C=C\C/C=C\CC)OC(=O)CCC/C=C\C/C=C\C/C=C\C/C=C\C/C=C\CC. The minimum atomic E-state index is -5.02. The Hall–Kier alpha value is -6.36. The summed E-state index contributed by atoms with van der Waals surface area (Å²) in [4.78, 5) is 73.2. The third-order valence-corrected chi connectivity index (χ3v) is 18.1. The van der Waals surface area contributed by atoms with Crippen molar-refractivity contribution in [1.82, 2.24) is 0 Å². The first kappa shape index (κ1) is 104. The molecule has 0 aliphatic rings. The summed E-state index contributed by atoms with van der Waals surface area (Å²) in [5.41, 5.74) is 0. The summed E-state index contributed by atoms with van der Waals surface area (Å²) >= 11 is 0. The van der Waals surface area contributed by atoms with E-state index in [1.54, 1.807) is 0 Å². The number of hydrogen-bond acceptors (Lipinski definition) is 15. The molecule has 0 aromatic rings. The summed E-state index contributed by atoms with van der Waals surface area (Å²) in [5.74, 6) is -2.36. The maximum absolute atomic E-state index is 13.1. The fourth-order valence-corrected chi connectivity index (χ4v) is 11.7. The standard InChI is InChI=1S/C91H144O17P2/c1-5-9-13-17-21-25-29-33-37-41-42-46-48-52-56-60-64-68-72-76-89(94)102-82-87(108-91(96)78-74-70-66-62-58-54-50-45-40-36-32-28-24-20-16-12-8-4)84-106-110(99,100)104-80-85(92)79-103-109(97,98)105-83-86(107-90(95)77-73-69-65-61-57-53-49-44-39-35-31-27-23-19-15-11-7-3)81-101-88(93)75-71-67-63-59-55-51-47-43-38-34-30-26-22-18-14-10-6-2/h9-16,21-28,33-40,42,46-47,49,51,53,59,61,63,65,85-87,92H,5-8,17-20,29-32,41,43-45,48,50,52,54-58,60,62,64,66-84H2,1-4H3,(H,97,98)(H,99,100)/b13-9-,14-10-,15-11-,16-12-,25-21-,26-22-,27-23-,28-24-,37-33-,38-34-,39-35-,40-36-,46-42-,51-47-,53-49-,63-59-,65-61-. The van der Waals surface area contributed by atoms with E-state index in [4.69, 9.17) is 37.0 Å². The predicted octanol–water partition coefficient (Wildman–Crippen LogP) is 24.7. The Bertz CT molecular complexity index is 2900. The van der Waals surface area contributed by atoms with Crippen molar-refractivity contribution >= 4 is 39.5 Å². The number of hydrogen-bond donors (Lipinski definition) is 3. The lowest BCUT2D eigenvalue weighted by Gasteiger charge is -2.21. The van der Waals surface area contributed by atoms with Crippen LogP contribution in [0.4, 0.5) is 0 Å². The molecule has 5 atom stereocenters. The molecule has 0 saturated carbocycles. The van der Waals surface area contributed by atoms with Crippen LogP contribution < -0.4 is 0 Å². The zero-order valence-electron chi connectivity index (χ0n) is 67.8. The Morgan fingerprint density at radius 1 is 0.255 bits per heavy atom. The van der Waals surface area contributed by atoms with Crippen LogP contribution in [0.3, 0.4) is 0 Å². The topological polar surface area (TPSA) is 237 Å². The van der Waals surface area contributed by atoms with Crippen LogP contribution in [0, 0.1) is 0 Å². The molecule has 17 nitrogen and oxygen atoms in total. The van der Waals surface area contributed by atoms with Crippen LogP contribution in [0.1, 0.15) is 285 Å². The van der Waals surface area contributed by atoms with E-state index >= 15 is 0 Å². The molecule has 0 heterocycles. The average molecular weight is 1570 g/mol. The molecule has 0 spiro atoms. The van der Waals surface area contributed by atoms with Gasteiger partial charge in [0.15, 0.2) is 12.2 Å². The van der Waals surface area contributed by atoms with Gasteiger partial charge < -0.3 is 33.8 Å². The molecule has 110 heavy (non-hydrogen) atoms. The number of ether oxygens (including phenoxy) is 4. The largest absolute Gasteiger partial charge is 0.472 e. The Kier molecular flexibility index (Phi) is 76.0. The summed E-state index contributed by atoms with van der Waals surface area (Å²) in [5, 5.41) is 10.7. The Balaban J connectivity index is 5.52. The maximum Gasteiger partial charge on any atom is 0.472 e. The van der Waals surface area contributed by atoms with Gasteiger partial charge in [0.1, 0.15) is 19.3 Å². The van der Waals surface area contributed by atoms with Crippen molar-refractivity contribution < 1.29 is 80.2 Å². The van der Waals surface area contributed by atoms with E-state index in [0.717, 1.165) is 193 Å². The number of allylic oxidation sites excluding steroid dienone is 34. The van der Waals surface area contributed by atoms with Gasteiger partial charge in [-0.2, -0.15) is 0 Å². The van der Waals surface area contributed by atoms with Crippen molar-refractivity contribution in [1.29, 1.82) is 0 Å². The highest BCUT2D eigenvalue weighted by molar-refractivity contribution is 7.47. The molecule has 0 amide bonds. The zero-order valence-corrected chi connectivity index (χ0v) is 69.6. The van der Waals surface area contributed by atoms with Gasteiger partial charge in [0.2, 0.25) is 0 Å². The molecule has 0 aliphatic heterocycles. The van der Waals surface area contributed by atoms with Gasteiger partial charge in [-0.25, -0.2) is 9.13 Å². The molecule has 0 aliphatic carbocycles. The van der Waals surface area contributed by atoms with Crippen molar-refractivity contribution in [3.8, 4) is 0 Å². The van der Waals surface area contributed by atoms with E-state index in [-0.39, 0.29) is 25.7 Å². The van der Waals surface area contributed by atoms with Gasteiger partial charge in [0.25, 0.3) is 0 Å². The third kappa shape index (κ3) is 79.7. The number of carbonyl (C=O) groups excluding carboxylic acids is 4. The van der Waals surface area contributed by atoms with Crippen LogP contribution in [0.2, 0.25) is 0 Å². The van der Waals surface area contributed by atoms with Crippen molar-refractivity contribution in [2.24, 2.45) is 0 Å². The molecule has 3 N–H and O–H groups in total. The van der Waals surface area contributed by atoms with Gasteiger partial charge in [-0.05, 0) is 173 Å². The van der Waals surface area contributed by atoms with E-state index in [9.17, 15) is 43.2 Å². The smallest absolute Gasteiger partial charge is 0.462 e. The molecule has 5 unspecified atom stereocenters. The first-order valence-corrected chi connectivity index (χ1v) is 44.3. The zero-order chi connectivity index (χ0) is 80.3. The van der Waals surface area contributed by atoms with Gasteiger partial charge in [0, 0.05) is 25.7 Å². The number of phosphoric ester groups is 2. The van der Waals surface area contributed by atoms with E-state index < -0.39 is 97.5 Å². The number of aliphatic hydroxyl groups excluding tert-OH is 1. The summed E-state index contributed by atoms with van der Waals surface area (Å²) in [7, 11) is -10.0. The maximum atomic E-state index is 13.1. The van der Waals surface area contributed by atoms with Gasteiger partial charge in [-0.3, -0.25) is 37.3 Å². The van der Waals surface area contributed by atoms with Gasteiger partial charge in [-0.15, -0.1) is 0 Å².